The molecule has 0 saturated carbocycles. The number of hydrogen-bond donors (Lipinski definition) is 1. The molecule has 2 aromatic carbocycles. The molecule has 0 amide bonds. The lowest BCUT2D eigenvalue weighted by atomic mass is 10.1. The Hall–Kier alpha value is -2.38. The van der Waals surface area contributed by atoms with Gasteiger partial charge in [0.25, 0.3) is 0 Å². The largest absolute Gasteiger partial charge is 0.490 e. The number of sulfonamides is 1. The highest BCUT2D eigenvalue weighted by Gasteiger charge is 2.16. The molecule has 0 aromatic heterocycles. The summed E-state index contributed by atoms with van der Waals surface area (Å²) in [5.41, 5.74) is 2.77. The predicted octanol–water partition coefficient (Wildman–Crippen LogP) is 2.50. The molecule has 0 heterocycles. The van der Waals surface area contributed by atoms with E-state index in [1.54, 1.807) is 6.92 Å². The van der Waals surface area contributed by atoms with Crippen molar-refractivity contribution in [1.29, 1.82) is 0 Å². The number of nitrogens with two attached hydrogens (primary N) is 1. The summed E-state index contributed by atoms with van der Waals surface area (Å²) in [7, 11) is -3.89. The fourth-order valence-electron chi connectivity index (χ4n) is 2.43. The fraction of sp³-hybridized carbons (Fsp3) is 0.278. The molecule has 0 atom stereocenters. The third-order valence-corrected chi connectivity index (χ3v) is 4.56. The van der Waals surface area contributed by atoms with Gasteiger partial charge in [0.15, 0.2) is 0 Å². The van der Waals surface area contributed by atoms with E-state index in [0.717, 1.165) is 11.1 Å². The molecule has 0 aliphatic carbocycles. The van der Waals surface area contributed by atoms with Crippen molar-refractivity contribution < 1.29 is 22.7 Å². The van der Waals surface area contributed by atoms with Gasteiger partial charge in [-0.1, -0.05) is 12.1 Å². The van der Waals surface area contributed by atoms with Crippen molar-refractivity contribution in [1.82, 2.24) is 0 Å². The van der Waals surface area contributed by atoms with Gasteiger partial charge in [0, 0.05) is 0 Å². The normalized spacial score (nSPS) is 11.2. The minimum Gasteiger partial charge on any atom is -0.490 e. The molecule has 0 aliphatic rings. The van der Waals surface area contributed by atoms with Gasteiger partial charge >= 0.3 is 5.97 Å². The fourth-order valence-corrected chi connectivity index (χ4v) is 3.24. The Balaban J connectivity index is 1.94. The van der Waals surface area contributed by atoms with Crippen molar-refractivity contribution in [3.05, 3.63) is 58.7 Å². The summed E-state index contributed by atoms with van der Waals surface area (Å²) in [6.07, 6.45) is 0. The van der Waals surface area contributed by atoms with Gasteiger partial charge < -0.3 is 9.47 Å². The molecule has 6 nitrogen and oxygen atoms in total. The second-order valence-corrected chi connectivity index (χ2v) is 7.36. The first kappa shape index (κ1) is 19.0. The van der Waals surface area contributed by atoms with Gasteiger partial charge in [-0.25, -0.2) is 18.4 Å². The molecule has 2 rings (SSSR count). The molecule has 0 fully saturated rings. The molecule has 0 bridgehead atoms. The predicted molar refractivity (Wildman–Crippen MR) is 94.2 cm³/mol. The molecule has 0 radical (unpaired) electrons. The molecule has 25 heavy (non-hydrogen) atoms. The lowest BCUT2D eigenvalue weighted by Crippen LogP contribution is -2.16. The number of esters is 1. The summed E-state index contributed by atoms with van der Waals surface area (Å²) < 4.78 is 33.7. The summed E-state index contributed by atoms with van der Waals surface area (Å²) in [4.78, 5) is 12.0. The van der Waals surface area contributed by atoms with Crippen molar-refractivity contribution in [3.8, 4) is 5.75 Å². The van der Waals surface area contributed by atoms with Crippen LogP contribution in [0, 0.1) is 20.8 Å². The molecule has 0 saturated heterocycles. The number of ether oxygens (including phenoxy) is 2. The maximum absolute atomic E-state index is 12.0. The van der Waals surface area contributed by atoms with Crippen LogP contribution in [0.25, 0.3) is 0 Å². The van der Waals surface area contributed by atoms with E-state index < -0.39 is 16.0 Å². The van der Waals surface area contributed by atoms with Gasteiger partial charge in [0.05, 0.1) is 10.5 Å². The number of carbonyl (C=O) groups excluding carboxylic acids is 1. The van der Waals surface area contributed by atoms with E-state index in [0.29, 0.717) is 11.3 Å². The molecule has 0 spiro atoms. The number of hydrogen-bond acceptors (Lipinski definition) is 5. The van der Waals surface area contributed by atoms with Crippen molar-refractivity contribution >= 4 is 16.0 Å². The monoisotopic (exact) mass is 363 g/mol. The van der Waals surface area contributed by atoms with Gasteiger partial charge in [-0.2, -0.15) is 0 Å². The van der Waals surface area contributed by atoms with Crippen molar-refractivity contribution in [3.63, 3.8) is 0 Å². The van der Waals surface area contributed by atoms with Crippen LogP contribution in [0.2, 0.25) is 0 Å². The van der Waals surface area contributed by atoms with Crippen LogP contribution in [0.15, 0.2) is 41.3 Å². The first-order valence-corrected chi connectivity index (χ1v) is 9.23. The summed E-state index contributed by atoms with van der Waals surface area (Å²) in [6.45, 7) is 5.79. The maximum atomic E-state index is 12.0. The zero-order valence-corrected chi connectivity index (χ0v) is 15.2. The van der Waals surface area contributed by atoms with Crippen LogP contribution in [0.5, 0.6) is 5.75 Å². The Morgan fingerprint density at radius 2 is 1.64 bits per heavy atom. The summed E-state index contributed by atoms with van der Waals surface area (Å²) in [5, 5.41) is 5.14. The molecule has 0 unspecified atom stereocenters. The zero-order valence-electron chi connectivity index (χ0n) is 14.4. The quantitative estimate of drug-likeness (QED) is 0.628. The number of carbonyl (C=O) groups is 1. The topological polar surface area (TPSA) is 95.7 Å². The first-order chi connectivity index (χ1) is 11.7. The summed E-state index contributed by atoms with van der Waals surface area (Å²) in [6, 6.07) is 10.1. The second kappa shape index (κ2) is 7.67. The highest BCUT2D eigenvalue weighted by molar-refractivity contribution is 7.89. The van der Waals surface area contributed by atoms with E-state index in [2.05, 4.69) is 0 Å². The van der Waals surface area contributed by atoms with E-state index in [1.165, 1.54) is 18.2 Å². The Kier molecular flexibility index (Phi) is 5.81. The average Bonchev–Trinajstić information content (AvgIpc) is 2.49. The van der Waals surface area contributed by atoms with Crippen molar-refractivity contribution in [2.24, 2.45) is 5.14 Å². The minimum atomic E-state index is -3.89. The van der Waals surface area contributed by atoms with Gasteiger partial charge in [0.1, 0.15) is 19.0 Å². The number of rotatable bonds is 6. The zero-order chi connectivity index (χ0) is 18.6. The van der Waals surface area contributed by atoms with E-state index in [-0.39, 0.29) is 23.7 Å². The third kappa shape index (κ3) is 5.30. The SMILES string of the molecule is Cc1cc(C)cc(OCCOC(=O)c2ccc(C)c(S(N)(=O)=O)c2)c1. The van der Waals surface area contributed by atoms with Crippen molar-refractivity contribution in [2.45, 2.75) is 25.7 Å². The smallest absolute Gasteiger partial charge is 0.338 e. The van der Waals surface area contributed by atoms with Crippen LogP contribution in [-0.4, -0.2) is 27.6 Å². The van der Waals surface area contributed by atoms with Gasteiger partial charge in [0.2, 0.25) is 10.0 Å². The summed E-state index contributed by atoms with van der Waals surface area (Å²) in [5.74, 6) is 0.0781. The van der Waals surface area contributed by atoms with Gasteiger partial charge in [-0.05, 0) is 61.7 Å². The molecular weight excluding hydrogens is 342 g/mol. The van der Waals surface area contributed by atoms with Crippen LogP contribution < -0.4 is 9.88 Å². The number of benzene rings is 2. The Bertz CT molecular complexity index is 870. The van der Waals surface area contributed by atoms with E-state index in [1.807, 2.05) is 32.0 Å². The van der Waals surface area contributed by atoms with Crippen LogP contribution in [-0.2, 0) is 14.8 Å². The van der Waals surface area contributed by atoms with Crippen LogP contribution in [0.1, 0.15) is 27.0 Å². The molecule has 0 aliphatic heterocycles. The van der Waals surface area contributed by atoms with E-state index in [9.17, 15) is 13.2 Å². The Morgan fingerprint density at radius 3 is 2.24 bits per heavy atom. The third-order valence-electron chi connectivity index (χ3n) is 3.51. The van der Waals surface area contributed by atoms with E-state index >= 15 is 0 Å². The summed E-state index contributed by atoms with van der Waals surface area (Å²) >= 11 is 0. The highest BCUT2D eigenvalue weighted by Crippen LogP contribution is 2.17. The average molecular weight is 363 g/mol. The first-order valence-electron chi connectivity index (χ1n) is 7.68. The maximum Gasteiger partial charge on any atom is 0.338 e. The molecule has 7 heteroatoms. The highest BCUT2D eigenvalue weighted by atomic mass is 32.2. The molecular formula is C18H21NO5S. The van der Waals surface area contributed by atoms with Gasteiger partial charge in [-0.15, -0.1) is 0 Å². The van der Waals surface area contributed by atoms with Crippen LogP contribution >= 0.6 is 0 Å². The minimum absolute atomic E-state index is 0.0460. The molecule has 2 N–H and O–H groups in total. The Labute approximate surface area is 147 Å². The van der Waals surface area contributed by atoms with Crippen LogP contribution in [0.4, 0.5) is 0 Å². The lowest BCUT2D eigenvalue weighted by Gasteiger charge is -2.10. The van der Waals surface area contributed by atoms with Crippen LogP contribution in [0.3, 0.4) is 0 Å². The standard InChI is InChI=1S/C18H21NO5S/c1-12-8-13(2)10-16(9-12)23-6-7-24-18(20)15-5-4-14(3)17(11-15)25(19,21)22/h4-5,8-11H,6-7H2,1-3H3,(H2,19,21,22). The molecule has 2 aromatic rings. The lowest BCUT2D eigenvalue weighted by molar-refractivity contribution is 0.0450. The molecule has 134 valence electrons. The Morgan fingerprint density at radius 1 is 1.00 bits per heavy atom. The number of aryl methyl sites for hydroxylation is 3. The number of primary sulfonamides is 1. The van der Waals surface area contributed by atoms with Gasteiger partial charge in [-0.3, -0.25) is 0 Å². The van der Waals surface area contributed by atoms with Crippen molar-refractivity contribution in [2.75, 3.05) is 13.2 Å². The van der Waals surface area contributed by atoms with E-state index in [4.69, 9.17) is 14.6 Å². The second-order valence-electron chi connectivity index (χ2n) is 5.83.